The van der Waals surface area contributed by atoms with Gasteiger partial charge in [0, 0.05) is 25.2 Å². The van der Waals surface area contributed by atoms with Crippen molar-refractivity contribution >= 4 is 0 Å². The summed E-state index contributed by atoms with van der Waals surface area (Å²) in [7, 11) is 0. The topological polar surface area (TPSA) is 58.2 Å². The van der Waals surface area contributed by atoms with E-state index in [1.807, 2.05) is 30.3 Å². The summed E-state index contributed by atoms with van der Waals surface area (Å²) in [5.74, 6) is 1.33. The monoisotopic (exact) mass is 375 g/mol. The molecule has 0 spiro atoms. The zero-order chi connectivity index (χ0) is 19.3. The van der Waals surface area contributed by atoms with Crippen molar-refractivity contribution in [2.75, 3.05) is 13.2 Å². The molecule has 0 bridgehead atoms. The summed E-state index contributed by atoms with van der Waals surface area (Å²) >= 11 is 0. The summed E-state index contributed by atoms with van der Waals surface area (Å²) in [6.07, 6.45) is 1.65. The number of ether oxygens (including phenoxy) is 1. The summed E-state index contributed by atoms with van der Waals surface area (Å²) < 4.78 is 5.85. The molecule has 1 aliphatic rings. The van der Waals surface area contributed by atoms with Gasteiger partial charge in [-0.15, -0.1) is 0 Å². The summed E-state index contributed by atoms with van der Waals surface area (Å²) in [5, 5.41) is 0. The number of aromatic nitrogens is 2. The Balaban J connectivity index is 1.63. The third-order valence-corrected chi connectivity index (χ3v) is 5.01. The lowest BCUT2D eigenvalue weighted by molar-refractivity contribution is 0.240. The van der Waals surface area contributed by atoms with Crippen molar-refractivity contribution in [2.24, 2.45) is 0 Å². The number of aromatic amines is 1. The van der Waals surface area contributed by atoms with Crippen LogP contribution in [0.25, 0.3) is 11.4 Å². The van der Waals surface area contributed by atoms with Crippen molar-refractivity contribution in [1.29, 1.82) is 0 Å². The van der Waals surface area contributed by atoms with Gasteiger partial charge in [-0.3, -0.25) is 9.69 Å². The largest absolute Gasteiger partial charge is 0.493 e. The summed E-state index contributed by atoms with van der Waals surface area (Å²) in [6, 6.07) is 18.2. The van der Waals surface area contributed by atoms with E-state index in [1.54, 1.807) is 0 Å². The molecule has 5 nitrogen and oxygen atoms in total. The Kier molecular flexibility index (Phi) is 5.53. The van der Waals surface area contributed by atoms with E-state index in [0.717, 1.165) is 48.5 Å². The van der Waals surface area contributed by atoms with Crippen LogP contribution in [0.15, 0.2) is 59.4 Å². The molecular formula is C23H25N3O2. The van der Waals surface area contributed by atoms with E-state index in [-0.39, 0.29) is 5.56 Å². The van der Waals surface area contributed by atoms with Crippen molar-refractivity contribution in [3.05, 3.63) is 81.8 Å². The molecular weight excluding hydrogens is 350 g/mol. The van der Waals surface area contributed by atoms with Gasteiger partial charge >= 0.3 is 0 Å². The molecule has 28 heavy (non-hydrogen) atoms. The number of nitrogens with zero attached hydrogens (tertiary/aromatic N) is 2. The van der Waals surface area contributed by atoms with Crippen LogP contribution < -0.4 is 10.3 Å². The van der Waals surface area contributed by atoms with Gasteiger partial charge in [0.1, 0.15) is 11.6 Å². The van der Waals surface area contributed by atoms with Gasteiger partial charge in [0.2, 0.25) is 0 Å². The zero-order valence-corrected chi connectivity index (χ0v) is 16.1. The SMILES string of the molecule is CCCOc1ccccc1-c1nc2c(c(=O)[nH]1)CCN(Cc1ccccc1)C2. The van der Waals surface area contributed by atoms with E-state index < -0.39 is 0 Å². The van der Waals surface area contributed by atoms with Crippen LogP contribution in [-0.2, 0) is 19.5 Å². The van der Waals surface area contributed by atoms with Crippen LogP contribution in [-0.4, -0.2) is 28.0 Å². The minimum atomic E-state index is -0.0374. The van der Waals surface area contributed by atoms with Gasteiger partial charge in [-0.25, -0.2) is 4.98 Å². The van der Waals surface area contributed by atoms with E-state index in [4.69, 9.17) is 9.72 Å². The molecule has 0 amide bonds. The maximum atomic E-state index is 12.7. The fourth-order valence-electron chi connectivity index (χ4n) is 3.60. The molecule has 3 aromatic rings. The lowest BCUT2D eigenvalue weighted by Crippen LogP contribution is -2.35. The van der Waals surface area contributed by atoms with Crippen LogP contribution in [0.3, 0.4) is 0 Å². The number of fused-ring (bicyclic) bond motifs is 1. The van der Waals surface area contributed by atoms with Crippen molar-refractivity contribution in [2.45, 2.75) is 32.9 Å². The maximum Gasteiger partial charge on any atom is 0.254 e. The van der Waals surface area contributed by atoms with Gasteiger partial charge in [0.25, 0.3) is 5.56 Å². The normalized spacial score (nSPS) is 13.9. The van der Waals surface area contributed by atoms with Crippen LogP contribution >= 0.6 is 0 Å². The van der Waals surface area contributed by atoms with Crippen LogP contribution in [0.5, 0.6) is 5.75 Å². The minimum Gasteiger partial charge on any atom is -0.493 e. The highest BCUT2D eigenvalue weighted by Gasteiger charge is 2.22. The molecule has 1 N–H and O–H groups in total. The molecule has 0 fully saturated rings. The van der Waals surface area contributed by atoms with Gasteiger partial charge < -0.3 is 9.72 Å². The first-order valence-electron chi connectivity index (χ1n) is 9.85. The maximum absolute atomic E-state index is 12.7. The van der Waals surface area contributed by atoms with Crippen LogP contribution in [0.2, 0.25) is 0 Å². The van der Waals surface area contributed by atoms with E-state index in [1.165, 1.54) is 5.56 Å². The average molecular weight is 375 g/mol. The molecule has 1 aliphatic heterocycles. The first kappa shape index (κ1) is 18.4. The molecule has 4 rings (SSSR count). The van der Waals surface area contributed by atoms with Crippen LogP contribution in [0.1, 0.15) is 30.2 Å². The number of nitrogens with one attached hydrogen (secondary N) is 1. The lowest BCUT2D eigenvalue weighted by Gasteiger charge is -2.27. The Labute approximate surface area is 165 Å². The standard InChI is InChI=1S/C23H25N3O2/c1-2-14-28-21-11-7-6-10-19(21)22-24-20-16-26(13-12-18(20)23(27)25-22)15-17-8-4-3-5-9-17/h3-11H,2,12-16H2,1H3,(H,24,25,27). The zero-order valence-electron chi connectivity index (χ0n) is 16.1. The Morgan fingerprint density at radius 3 is 2.71 bits per heavy atom. The van der Waals surface area contributed by atoms with Crippen molar-refractivity contribution < 1.29 is 4.74 Å². The Morgan fingerprint density at radius 2 is 1.89 bits per heavy atom. The van der Waals surface area contributed by atoms with Crippen LogP contribution in [0.4, 0.5) is 0 Å². The second-order valence-electron chi connectivity index (χ2n) is 7.13. The third-order valence-electron chi connectivity index (χ3n) is 5.01. The Hall–Kier alpha value is -2.92. The fraction of sp³-hybridized carbons (Fsp3) is 0.304. The summed E-state index contributed by atoms with van der Waals surface area (Å²) in [6.45, 7) is 5.11. The molecule has 2 aromatic carbocycles. The first-order valence-corrected chi connectivity index (χ1v) is 9.85. The Morgan fingerprint density at radius 1 is 1.11 bits per heavy atom. The first-order chi connectivity index (χ1) is 13.7. The predicted octanol–water partition coefficient (Wildman–Crippen LogP) is 3.78. The highest BCUT2D eigenvalue weighted by atomic mass is 16.5. The number of hydrogen-bond acceptors (Lipinski definition) is 4. The van der Waals surface area contributed by atoms with Gasteiger partial charge in [0.15, 0.2) is 0 Å². The second-order valence-corrected chi connectivity index (χ2v) is 7.13. The van der Waals surface area contributed by atoms with Crippen molar-refractivity contribution in [3.63, 3.8) is 0 Å². The van der Waals surface area contributed by atoms with Gasteiger partial charge in [-0.2, -0.15) is 0 Å². The van der Waals surface area contributed by atoms with Crippen LogP contribution in [0, 0.1) is 0 Å². The van der Waals surface area contributed by atoms with E-state index >= 15 is 0 Å². The van der Waals surface area contributed by atoms with E-state index in [2.05, 4.69) is 41.1 Å². The lowest BCUT2D eigenvalue weighted by atomic mass is 10.0. The second kappa shape index (κ2) is 8.40. The molecule has 5 heteroatoms. The summed E-state index contributed by atoms with van der Waals surface area (Å²) in [5.41, 5.74) is 3.74. The third kappa shape index (κ3) is 3.99. The summed E-state index contributed by atoms with van der Waals surface area (Å²) in [4.78, 5) is 22.8. The smallest absolute Gasteiger partial charge is 0.254 e. The van der Waals surface area contributed by atoms with E-state index in [9.17, 15) is 4.79 Å². The number of benzene rings is 2. The number of H-pyrrole nitrogens is 1. The quantitative estimate of drug-likeness (QED) is 0.712. The fourth-order valence-corrected chi connectivity index (χ4v) is 3.60. The molecule has 0 unspecified atom stereocenters. The van der Waals surface area contributed by atoms with Crippen molar-refractivity contribution in [3.8, 4) is 17.1 Å². The molecule has 0 radical (unpaired) electrons. The molecule has 0 atom stereocenters. The number of hydrogen-bond donors (Lipinski definition) is 1. The molecule has 144 valence electrons. The molecule has 2 heterocycles. The molecule has 0 saturated heterocycles. The van der Waals surface area contributed by atoms with Gasteiger partial charge in [0.05, 0.1) is 17.9 Å². The highest BCUT2D eigenvalue weighted by molar-refractivity contribution is 5.64. The Bertz CT molecular complexity index is 998. The van der Waals surface area contributed by atoms with Crippen molar-refractivity contribution in [1.82, 2.24) is 14.9 Å². The van der Waals surface area contributed by atoms with Gasteiger partial charge in [-0.05, 0) is 30.5 Å². The van der Waals surface area contributed by atoms with E-state index in [0.29, 0.717) is 19.0 Å². The molecule has 0 saturated carbocycles. The molecule has 1 aromatic heterocycles. The molecule has 0 aliphatic carbocycles. The highest BCUT2D eigenvalue weighted by Crippen LogP contribution is 2.28. The number of para-hydroxylation sites is 1. The average Bonchev–Trinajstić information content (AvgIpc) is 2.73. The predicted molar refractivity (Wildman–Crippen MR) is 110 cm³/mol. The number of rotatable bonds is 6. The van der Waals surface area contributed by atoms with Gasteiger partial charge in [-0.1, -0.05) is 49.4 Å². The minimum absolute atomic E-state index is 0.0374.